The summed E-state index contributed by atoms with van der Waals surface area (Å²) < 4.78 is 10.3. The first-order valence-corrected chi connectivity index (χ1v) is 9.50. The molecule has 1 aliphatic rings. The van der Waals surface area contributed by atoms with Crippen LogP contribution in [0.3, 0.4) is 0 Å². The summed E-state index contributed by atoms with van der Waals surface area (Å²) in [6.07, 6.45) is 2.82. The van der Waals surface area contributed by atoms with Crippen molar-refractivity contribution in [2.24, 2.45) is 0 Å². The van der Waals surface area contributed by atoms with E-state index in [0.29, 0.717) is 18.7 Å². The third kappa shape index (κ3) is 2.97. The van der Waals surface area contributed by atoms with Crippen LogP contribution in [0.2, 0.25) is 0 Å². The molecule has 1 atom stereocenters. The molecule has 1 saturated heterocycles. The Morgan fingerprint density at radius 3 is 2.81 bits per heavy atom. The Hall–Kier alpha value is -3.13. The lowest BCUT2D eigenvalue weighted by Gasteiger charge is -2.16. The van der Waals surface area contributed by atoms with Crippen molar-refractivity contribution in [1.29, 1.82) is 0 Å². The summed E-state index contributed by atoms with van der Waals surface area (Å²) >= 11 is 1.16. The number of hydrogen-bond donors (Lipinski definition) is 0. The van der Waals surface area contributed by atoms with E-state index in [-0.39, 0.29) is 11.9 Å². The van der Waals surface area contributed by atoms with Crippen molar-refractivity contribution >= 4 is 28.7 Å². The maximum absolute atomic E-state index is 12.9. The second-order valence-corrected chi connectivity index (χ2v) is 7.14. The van der Waals surface area contributed by atoms with Crippen molar-refractivity contribution in [3.8, 4) is 11.3 Å². The number of carbonyl (C=O) groups is 1. The summed E-state index contributed by atoms with van der Waals surface area (Å²) in [5.74, 6) is 0.0239. The van der Waals surface area contributed by atoms with Crippen LogP contribution in [0.5, 0.6) is 0 Å². The second kappa shape index (κ2) is 6.55. The summed E-state index contributed by atoms with van der Waals surface area (Å²) in [7, 11) is 0. The number of benzene rings is 2. The van der Waals surface area contributed by atoms with E-state index in [1.165, 1.54) is 0 Å². The molecule has 0 spiro atoms. The zero-order valence-corrected chi connectivity index (χ0v) is 15.2. The molecule has 0 aliphatic carbocycles. The van der Waals surface area contributed by atoms with Gasteiger partial charge in [0, 0.05) is 24.2 Å². The Labute approximate surface area is 159 Å². The summed E-state index contributed by atoms with van der Waals surface area (Å²) in [6, 6.07) is 15.6. The van der Waals surface area contributed by atoms with E-state index >= 15 is 0 Å². The molecule has 2 aromatic heterocycles. The monoisotopic (exact) mass is 376 g/mol. The minimum absolute atomic E-state index is 0.0239. The Balaban J connectivity index is 1.32. The highest BCUT2D eigenvalue weighted by molar-refractivity contribution is 7.00. The van der Waals surface area contributed by atoms with Crippen LogP contribution >= 0.6 is 11.7 Å². The van der Waals surface area contributed by atoms with Gasteiger partial charge >= 0.3 is 0 Å². The number of fused-ring (bicyclic) bond motifs is 1. The molecular formula is C19H16N6OS. The highest BCUT2D eigenvalue weighted by Gasteiger charge is 2.29. The Kier molecular flexibility index (Phi) is 3.90. The van der Waals surface area contributed by atoms with E-state index in [2.05, 4.69) is 19.1 Å². The lowest BCUT2D eigenvalue weighted by molar-refractivity contribution is 0.0787. The molecular weight excluding hydrogens is 360 g/mol. The Bertz CT molecular complexity index is 1110. The molecule has 0 radical (unpaired) electrons. The van der Waals surface area contributed by atoms with Gasteiger partial charge in [-0.3, -0.25) is 4.79 Å². The topological polar surface area (TPSA) is 76.8 Å². The van der Waals surface area contributed by atoms with Crippen molar-refractivity contribution in [2.75, 3.05) is 13.1 Å². The van der Waals surface area contributed by atoms with Crippen molar-refractivity contribution in [3.05, 3.63) is 60.3 Å². The minimum Gasteiger partial charge on any atom is -0.336 e. The number of amides is 1. The molecule has 5 rings (SSSR count). The lowest BCUT2D eigenvalue weighted by Crippen LogP contribution is -2.29. The average molecular weight is 376 g/mol. The molecule has 1 aliphatic heterocycles. The predicted molar refractivity (Wildman–Crippen MR) is 102 cm³/mol. The van der Waals surface area contributed by atoms with Gasteiger partial charge in [0.15, 0.2) is 0 Å². The highest BCUT2D eigenvalue weighted by Crippen LogP contribution is 2.25. The smallest absolute Gasteiger partial charge is 0.254 e. The molecule has 2 aromatic carbocycles. The van der Waals surface area contributed by atoms with Crippen molar-refractivity contribution in [3.63, 3.8) is 0 Å². The normalized spacial score (nSPS) is 16.9. The maximum Gasteiger partial charge on any atom is 0.254 e. The number of likely N-dealkylation sites (tertiary alicyclic amines) is 1. The van der Waals surface area contributed by atoms with Gasteiger partial charge in [0.05, 0.1) is 24.0 Å². The van der Waals surface area contributed by atoms with Gasteiger partial charge in [0.2, 0.25) is 0 Å². The van der Waals surface area contributed by atoms with Crippen LogP contribution in [-0.2, 0) is 0 Å². The van der Waals surface area contributed by atoms with Gasteiger partial charge in [-0.15, -0.1) is 5.10 Å². The maximum atomic E-state index is 12.9. The van der Waals surface area contributed by atoms with Crippen molar-refractivity contribution < 1.29 is 4.79 Å². The van der Waals surface area contributed by atoms with Crippen LogP contribution in [0.4, 0.5) is 0 Å². The molecule has 27 heavy (non-hydrogen) atoms. The average Bonchev–Trinajstić information content (AvgIpc) is 3.47. The third-order valence-electron chi connectivity index (χ3n) is 4.91. The molecule has 0 bridgehead atoms. The Morgan fingerprint density at radius 1 is 1.07 bits per heavy atom. The lowest BCUT2D eigenvalue weighted by atomic mass is 10.2. The van der Waals surface area contributed by atoms with Gasteiger partial charge in [-0.2, -0.15) is 8.75 Å². The standard InChI is InChI=1S/C19H16N6OS/c26-19(14-6-7-16-17(10-14)22-27-21-16)24-9-8-15(11-24)25-12-18(20-23-25)13-4-2-1-3-5-13/h1-7,10,12,15H,8-9,11H2/t15-/m0/s1. The first-order valence-electron chi connectivity index (χ1n) is 8.77. The van der Waals surface area contributed by atoms with E-state index in [1.54, 1.807) is 0 Å². The summed E-state index contributed by atoms with van der Waals surface area (Å²) in [4.78, 5) is 14.7. The first kappa shape index (κ1) is 16.1. The number of hydrogen-bond acceptors (Lipinski definition) is 6. The van der Waals surface area contributed by atoms with E-state index < -0.39 is 0 Å². The molecule has 3 heterocycles. The number of rotatable bonds is 3. The number of nitrogens with zero attached hydrogens (tertiary/aromatic N) is 6. The highest BCUT2D eigenvalue weighted by atomic mass is 32.1. The molecule has 4 aromatic rings. The fourth-order valence-electron chi connectivity index (χ4n) is 3.44. The number of carbonyl (C=O) groups excluding carboxylic acids is 1. The molecule has 0 saturated carbocycles. The van der Waals surface area contributed by atoms with E-state index in [1.807, 2.05) is 64.3 Å². The third-order valence-corrected chi connectivity index (χ3v) is 5.46. The zero-order valence-electron chi connectivity index (χ0n) is 14.4. The van der Waals surface area contributed by atoms with Gasteiger partial charge in [-0.05, 0) is 24.6 Å². The summed E-state index contributed by atoms with van der Waals surface area (Å²) in [6.45, 7) is 1.33. The van der Waals surface area contributed by atoms with Gasteiger partial charge in [-0.1, -0.05) is 35.5 Å². The molecule has 1 amide bonds. The quantitative estimate of drug-likeness (QED) is 0.549. The SMILES string of the molecule is O=C(c1ccc2nsnc2c1)N1CC[C@H](n2cc(-c3ccccc3)nn2)C1. The predicted octanol–water partition coefficient (Wildman–Crippen LogP) is 3.04. The van der Waals surface area contributed by atoms with E-state index in [4.69, 9.17) is 0 Å². The molecule has 0 unspecified atom stereocenters. The van der Waals surface area contributed by atoms with Gasteiger partial charge in [0.25, 0.3) is 5.91 Å². The van der Waals surface area contributed by atoms with Gasteiger partial charge in [0.1, 0.15) is 16.7 Å². The molecule has 7 nitrogen and oxygen atoms in total. The van der Waals surface area contributed by atoms with Gasteiger partial charge < -0.3 is 4.90 Å². The summed E-state index contributed by atoms with van der Waals surface area (Å²) in [5, 5.41) is 8.57. The van der Waals surface area contributed by atoms with Gasteiger partial charge in [-0.25, -0.2) is 4.68 Å². The van der Waals surface area contributed by atoms with E-state index in [0.717, 1.165) is 40.4 Å². The van der Waals surface area contributed by atoms with E-state index in [9.17, 15) is 4.79 Å². The fraction of sp³-hybridized carbons (Fsp3) is 0.211. The van der Waals surface area contributed by atoms with Crippen LogP contribution in [0.15, 0.2) is 54.7 Å². The van der Waals surface area contributed by atoms with Crippen LogP contribution in [0.25, 0.3) is 22.3 Å². The zero-order chi connectivity index (χ0) is 18.2. The van der Waals surface area contributed by atoms with Crippen LogP contribution in [0.1, 0.15) is 22.8 Å². The molecule has 0 N–H and O–H groups in total. The second-order valence-electron chi connectivity index (χ2n) is 6.61. The van der Waals surface area contributed by atoms with Crippen LogP contribution in [-0.4, -0.2) is 47.6 Å². The minimum atomic E-state index is 0.0239. The molecule has 1 fully saturated rings. The summed E-state index contributed by atoms with van der Waals surface area (Å²) in [5.41, 5.74) is 4.14. The Morgan fingerprint density at radius 2 is 1.93 bits per heavy atom. The fourth-order valence-corrected chi connectivity index (χ4v) is 3.95. The van der Waals surface area contributed by atoms with Crippen molar-refractivity contribution in [2.45, 2.75) is 12.5 Å². The van der Waals surface area contributed by atoms with Crippen molar-refractivity contribution in [1.82, 2.24) is 28.6 Å². The largest absolute Gasteiger partial charge is 0.336 e. The first-order chi connectivity index (χ1) is 13.3. The van der Waals surface area contributed by atoms with Crippen LogP contribution < -0.4 is 0 Å². The van der Waals surface area contributed by atoms with Crippen LogP contribution in [0, 0.1) is 0 Å². The molecule has 8 heteroatoms. The molecule has 134 valence electrons. The number of aromatic nitrogens is 5.